The molecule has 0 radical (unpaired) electrons. The fraction of sp³-hybridized carbons (Fsp3) is 0.167. The molecule has 0 unspecified atom stereocenters. The second kappa shape index (κ2) is 13.5. The molecule has 1 heterocycles. The second-order valence-corrected chi connectivity index (χ2v) is 10.3. The fourth-order valence-electron chi connectivity index (χ4n) is 4.41. The Morgan fingerprint density at radius 3 is 2.39 bits per heavy atom. The molecule has 5 rings (SSSR count). The van der Waals surface area contributed by atoms with Crippen molar-refractivity contribution in [3.63, 3.8) is 0 Å². The third-order valence-corrected chi connectivity index (χ3v) is 6.59. The van der Waals surface area contributed by atoms with Crippen LogP contribution in [0.4, 0.5) is 17.3 Å². The Morgan fingerprint density at radius 1 is 0.886 bits per heavy atom. The van der Waals surface area contributed by atoms with Gasteiger partial charge in [0.05, 0.1) is 34.9 Å². The average molecular weight is 585 g/mol. The average Bonchev–Trinajstić information content (AvgIpc) is 3.02. The number of carbonyl (C=O) groups is 2. The van der Waals surface area contributed by atoms with E-state index >= 15 is 0 Å². The Bertz CT molecular complexity index is 1890. The van der Waals surface area contributed by atoms with Crippen molar-refractivity contribution in [3.8, 4) is 17.6 Å². The number of para-hydroxylation sites is 2. The Morgan fingerprint density at radius 2 is 1.61 bits per heavy atom. The smallest absolute Gasteiger partial charge is 0.338 e. The number of rotatable bonds is 8. The predicted octanol–water partition coefficient (Wildman–Crippen LogP) is 7.30. The van der Waals surface area contributed by atoms with Gasteiger partial charge in [-0.25, -0.2) is 14.8 Å². The van der Waals surface area contributed by atoms with Crippen LogP contribution < -0.4 is 15.4 Å². The molecular weight excluding hydrogens is 552 g/mol. The maximum absolute atomic E-state index is 13.0. The first kappa shape index (κ1) is 29.8. The first-order chi connectivity index (χ1) is 21.3. The molecule has 0 fully saturated rings. The summed E-state index contributed by atoms with van der Waals surface area (Å²) in [7, 11) is 0. The minimum Gasteiger partial charge on any atom is -0.490 e. The molecule has 0 aliphatic heterocycles. The molecule has 0 bridgehead atoms. The van der Waals surface area contributed by atoms with E-state index in [0.29, 0.717) is 34.0 Å². The zero-order valence-corrected chi connectivity index (χ0v) is 25.0. The number of carbonyl (C=O) groups excluding carboxylic acids is 2. The summed E-state index contributed by atoms with van der Waals surface area (Å²) in [6.45, 7) is 7.91. The number of esters is 1. The van der Waals surface area contributed by atoms with Gasteiger partial charge in [0.25, 0.3) is 5.91 Å². The van der Waals surface area contributed by atoms with E-state index in [9.17, 15) is 9.59 Å². The third-order valence-electron chi connectivity index (χ3n) is 6.59. The summed E-state index contributed by atoms with van der Waals surface area (Å²) in [6.07, 6.45) is 1.79. The summed E-state index contributed by atoms with van der Waals surface area (Å²) in [5, 5.41) is 7.06. The number of nitrogens with zero attached hydrogens (tertiary/aromatic N) is 2. The van der Waals surface area contributed by atoms with E-state index in [1.165, 1.54) is 0 Å². The topological polar surface area (TPSA) is 102 Å². The van der Waals surface area contributed by atoms with Crippen molar-refractivity contribution < 1.29 is 19.1 Å². The minimum atomic E-state index is -0.425. The van der Waals surface area contributed by atoms with Gasteiger partial charge < -0.3 is 20.1 Å². The van der Waals surface area contributed by atoms with Crippen molar-refractivity contribution >= 4 is 40.1 Å². The van der Waals surface area contributed by atoms with Crippen LogP contribution in [0.5, 0.6) is 5.75 Å². The van der Waals surface area contributed by atoms with Crippen molar-refractivity contribution in [1.29, 1.82) is 0 Å². The Kier molecular flexibility index (Phi) is 9.16. The minimum absolute atomic E-state index is 0.0387. The molecule has 1 aromatic heterocycles. The van der Waals surface area contributed by atoms with Crippen LogP contribution in [0.25, 0.3) is 10.9 Å². The molecule has 0 atom stereocenters. The molecule has 220 valence electrons. The molecule has 5 aromatic rings. The highest BCUT2D eigenvalue weighted by Gasteiger charge is 2.12. The van der Waals surface area contributed by atoms with Gasteiger partial charge in [-0.3, -0.25) is 4.79 Å². The van der Waals surface area contributed by atoms with Crippen LogP contribution in [0, 0.1) is 18.8 Å². The van der Waals surface area contributed by atoms with Gasteiger partial charge in [-0.05, 0) is 87.9 Å². The van der Waals surface area contributed by atoms with Crippen molar-refractivity contribution in [1.82, 2.24) is 9.97 Å². The molecule has 8 heteroatoms. The highest BCUT2D eigenvalue weighted by Crippen LogP contribution is 2.25. The van der Waals surface area contributed by atoms with E-state index in [2.05, 4.69) is 27.5 Å². The molecule has 4 aromatic carbocycles. The van der Waals surface area contributed by atoms with Gasteiger partial charge in [0, 0.05) is 28.5 Å². The number of hydrogen-bond acceptors (Lipinski definition) is 7. The van der Waals surface area contributed by atoms with E-state index in [1.54, 1.807) is 37.4 Å². The third kappa shape index (κ3) is 7.20. The van der Waals surface area contributed by atoms with Gasteiger partial charge in [-0.15, -0.1) is 0 Å². The number of fused-ring (bicyclic) bond motifs is 1. The number of aromatic nitrogens is 2. The zero-order chi connectivity index (χ0) is 31.1. The number of hydrogen-bond donors (Lipinski definition) is 2. The lowest BCUT2D eigenvalue weighted by Gasteiger charge is -2.12. The number of amides is 1. The van der Waals surface area contributed by atoms with Gasteiger partial charge in [-0.2, -0.15) is 0 Å². The molecule has 0 saturated heterocycles. The first-order valence-electron chi connectivity index (χ1n) is 14.3. The summed E-state index contributed by atoms with van der Waals surface area (Å²) >= 11 is 0. The summed E-state index contributed by atoms with van der Waals surface area (Å²) in [6, 6.07) is 25.5. The number of ether oxygens (including phenoxy) is 2. The highest BCUT2D eigenvalue weighted by atomic mass is 16.5. The van der Waals surface area contributed by atoms with Gasteiger partial charge >= 0.3 is 5.97 Å². The zero-order valence-electron chi connectivity index (χ0n) is 25.0. The summed E-state index contributed by atoms with van der Waals surface area (Å²) in [5.74, 6) is 6.90. The molecule has 0 saturated carbocycles. The van der Waals surface area contributed by atoms with Crippen LogP contribution in [0.15, 0.2) is 91.1 Å². The molecule has 8 nitrogen and oxygen atoms in total. The van der Waals surface area contributed by atoms with Crippen LogP contribution in [-0.4, -0.2) is 34.6 Å². The Labute approximate surface area is 256 Å². The lowest BCUT2D eigenvalue weighted by Crippen LogP contribution is -2.13. The maximum atomic E-state index is 13.0. The standard InChI is InChI=1S/C36H32N4O4/c1-5-43-35(42)28-18-16-27(17-19-28)34(41)39-31-21-30(20-13-24(31)4)38-36-37-22-29-11-8-10-26(33(29)40-36)15-14-25-9-6-7-12-32(25)44-23(2)3/h6-13,16-23H,5H2,1-4H3,(H,39,41)(H,37,38,40). The molecule has 1 amide bonds. The van der Waals surface area contributed by atoms with Crippen molar-refractivity contribution in [2.45, 2.75) is 33.8 Å². The van der Waals surface area contributed by atoms with Gasteiger partial charge in [-0.1, -0.05) is 42.2 Å². The Hall–Kier alpha value is -5.68. The summed E-state index contributed by atoms with van der Waals surface area (Å²) < 4.78 is 10.9. The van der Waals surface area contributed by atoms with Gasteiger partial charge in [0.1, 0.15) is 5.75 Å². The van der Waals surface area contributed by atoms with Crippen LogP contribution >= 0.6 is 0 Å². The van der Waals surface area contributed by atoms with Crippen molar-refractivity contribution in [3.05, 3.63) is 119 Å². The van der Waals surface area contributed by atoms with Gasteiger partial charge in [0.15, 0.2) is 0 Å². The molecule has 0 spiro atoms. The van der Waals surface area contributed by atoms with E-state index in [-0.39, 0.29) is 18.6 Å². The van der Waals surface area contributed by atoms with Crippen LogP contribution in [0.2, 0.25) is 0 Å². The number of aryl methyl sites for hydroxylation is 1. The normalized spacial score (nSPS) is 10.6. The lowest BCUT2D eigenvalue weighted by molar-refractivity contribution is 0.0526. The molecular formula is C36H32N4O4. The van der Waals surface area contributed by atoms with E-state index < -0.39 is 5.97 Å². The lowest BCUT2D eigenvalue weighted by atomic mass is 10.1. The predicted molar refractivity (Wildman–Crippen MR) is 173 cm³/mol. The van der Waals surface area contributed by atoms with E-state index in [4.69, 9.17) is 14.5 Å². The second-order valence-electron chi connectivity index (χ2n) is 10.3. The van der Waals surface area contributed by atoms with Crippen molar-refractivity contribution in [2.75, 3.05) is 17.2 Å². The van der Waals surface area contributed by atoms with Crippen LogP contribution in [-0.2, 0) is 4.74 Å². The van der Waals surface area contributed by atoms with E-state index in [1.807, 2.05) is 81.4 Å². The molecule has 2 N–H and O–H groups in total. The molecule has 0 aliphatic carbocycles. The number of benzene rings is 4. The monoisotopic (exact) mass is 584 g/mol. The quantitative estimate of drug-likeness (QED) is 0.146. The van der Waals surface area contributed by atoms with Crippen LogP contribution in [0.1, 0.15) is 58.2 Å². The number of anilines is 3. The largest absolute Gasteiger partial charge is 0.490 e. The molecule has 44 heavy (non-hydrogen) atoms. The summed E-state index contributed by atoms with van der Waals surface area (Å²) in [4.78, 5) is 34.2. The highest BCUT2D eigenvalue weighted by molar-refractivity contribution is 6.05. The molecule has 0 aliphatic rings. The summed E-state index contributed by atoms with van der Waals surface area (Å²) in [5.41, 5.74) is 5.29. The number of nitrogens with one attached hydrogen (secondary N) is 2. The SMILES string of the molecule is CCOC(=O)c1ccc(C(=O)Nc2cc(Nc3ncc4cccc(C#Cc5ccccc5OC(C)C)c4n3)ccc2C)cc1. The Balaban J connectivity index is 1.36. The maximum Gasteiger partial charge on any atom is 0.338 e. The van der Waals surface area contributed by atoms with Crippen LogP contribution in [0.3, 0.4) is 0 Å². The van der Waals surface area contributed by atoms with Gasteiger partial charge in [0.2, 0.25) is 5.95 Å². The first-order valence-corrected chi connectivity index (χ1v) is 14.3. The van der Waals surface area contributed by atoms with E-state index in [0.717, 1.165) is 27.8 Å². The van der Waals surface area contributed by atoms with Crippen molar-refractivity contribution in [2.24, 2.45) is 0 Å². The fourth-order valence-corrected chi connectivity index (χ4v) is 4.41.